The van der Waals surface area contributed by atoms with Gasteiger partial charge in [0.05, 0.1) is 5.69 Å². The van der Waals surface area contributed by atoms with Crippen LogP contribution < -0.4 is 10.2 Å². The molecule has 4 rings (SSSR count). The van der Waals surface area contributed by atoms with Crippen LogP contribution in [0.2, 0.25) is 0 Å². The summed E-state index contributed by atoms with van der Waals surface area (Å²) in [6.45, 7) is 7.45. The number of aromatic nitrogens is 4. The number of hydrogen-bond donors (Lipinski definition) is 1. The van der Waals surface area contributed by atoms with Crippen molar-refractivity contribution in [1.82, 2.24) is 24.5 Å². The molecule has 0 radical (unpaired) electrons. The second-order valence-electron chi connectivity index (χ2n) is 6.82. The van der Waals surface area contributed by atoms with Crippen LogP contribution in [0.15, 0.2) is 36.7 Å². The van der Waals surface area contributed by atoms with Gasteiger partial charge < -0.3 is 10.2 Å². The Morgan fingerprint density at radius 2 is 1.96 bits per heavy atom. The highest BCUT2D eigenvalue weighted by atomic mass is 19.1. The molecule has 8 heteroatoms. The molecule has 1 aromatic carbocycles. The first kappa shape index (κ1) is 17.7. The van der Waals surface area contributed by atoms with Gasteiger partial charge >= 0.3 is 0 Å². The molecule has 0 atom stereocenters. The van der Waals surface area contributed by atoms with Crippen molar-refractivity contribution in [2.24, 2.45) is 0 Å². The van der Waals surface area contributed by atoms with Gasteiger partial charge in [0.2, 0.25) is 0 Å². The fourth-order valence-corrected chi connectivity index (χ4v) is 3.50. The molecule has 1 fully saturated rings. The summed E-state index contributed by atoms with van der Waals surface area (Å²) in [6.07, 6.45) is 2.54. The van der Waals surface area contributed by atoms with Crippen LogP contribution in [-0.2, 0) is 0 Å². The standard InChI is InChI=1S/C19H24FN7/c1-15-13-18(27-19(24-15)22-14-23-27)21-7-4-8-25-9-11-26(12-10-25)17-6-3-2-5-16(17)20/h2-3,5-6,13-14,21H,4,7-12H2,1H3. The van der Waals surface area contributed by atoms with Gasteiger partial charge in [0, 0.05) is 44.5 Å². The Kier molecular flexibility index (Phi) is 5.15. The molecule has 0 saturated carbocycles. The lowest BCUT2D eigenvalue weighted by molar-refractivity contribution is 0.256. The number of piperazine rings is 1. The summed E-state index contributed by atoms with van der Waals surface area (Å²) in [6, 6.07) is 8.99. The first-order chi connectivity index (χ1) is 13.2. The van der Waals surface area contributed by atoms with E-state index in [0.717, 1.165) is 57.2 Å². The summed E-state index contributed by atoms with van der Waals surface area (Å²) in [5.74, 6) is 1.39. The molecule has 1 N–H and O–H groups in total. The molecule has 0 bridgehead atoms. The van der Waals surface area contributed by atoms with Crippen molar-refractivity contribution >= 4 is 17.3 Å². The lowest BCUT2D eigenvalue weighted by Gasteiger charge is -2.36. The minimum atomic E-state index is -0.137. The minimum Gasteiger partial charge on any atom is -0.370 e. The van der Waals surface area contributed by atoms with Crippen molar-refractivity contribution < 1.29 is 4.39 Å². The van der Waals surface area contributed by atoms with Gasteiger partial charge in [-0.1, -0.05) is 12.1 Å². The number of halogens is 1. The van der Waals surface area contributed by atoms with Gasteiger partial charge in [0.1, 0.15) is 18.0 Å². The SMILES string of the molecule is Cc1cc(NCCCN2CCN(c3ccccc3F)CC2)n2ncnc2n1. The van der Waals surface area contributed by atoms with Crippen LogP contribution in [0.3, 0.4) is 0 Å². The number of nitrogens with one attached hydrogen (secondary N) is 1. The predicted molar refractivity (Wildman–Crippen MR) is 104 cm³/mol. The highest BCUT2D eigenvalue weighted by molar-refractivity contribution is 5.48. The van der Waals surface area contributed by atoms with E-state index in [2.05, 4.69) is 30.2 Å². The molecule has 142 valence electrons. The largest absolute Gasteiger partial charge is 0.370 e. The molecule has 1 saturated heterocycles. The lowest BCUT2D eigenvalue weighted by atomic mass is 10.2. The highest BCUT2D eigenvalue weighted by Gasteiger charge is 2.18. The third kappa shape index (κ3) is 4.00. The van der Waals surface area contributed by atoms with Crippen molar-refractivity contribution in [2.75, 3.05) is 49.5 Å². The van der Waals surface area contributed by atoms with Crippen LogP contribution >= 0.6 is 0 Å². The van der Waals surface area contributed by atoms with Crippen LogP contribution in [0.25, 0.3) is 5.78 Å². The van der Waals surface area contributed by atoms with Crippen LogP contribution in [0.5, 0.6) is 0 Å². The summed E-state index contributed by atoms with van der Waals surface area (Å²) in [4.78, 5) is 13.0. The predicted octanol–water partition coefficient (Wildman–Crippen LogP) is 2.20. The summed E-state index contributed by atoms with van der Waals surface area (Å²) < 4.78 is 15.6. The number of anilines is 2. The second-order valence-corrected chi connectivity index (χ2v) is 6.82. The zero-order valence-corrected chi connectivity index (χ0v) is 15.5. The molecule has 27 heavy (non-hydrogen) atoms. The van der Waals surface area contributed by atoms with Crippen molar-refractivity contribution in [3.05, 3.63) is 48.2 Å². The van der Waals surface area contributed by atoms with E-state index in [1.165, 1.54) is 12.4 Å². The monoisotopic (exact) mass is 369 g/mol. The maximum absolute atomic E-state index is 13.9. The van der Waals surface area contributed by atoms with Gasteiger partial charge in [-0.25, -0.2) is 9.37 Å². The molecule has 1 aliphatic heterocycles. The van der Waals surface area contributed by atoms with Gasteiger partial charge in [0.15, 0.2) is 0 Å². The van der Waals surface area contributed by atoms with Gasteiger partial charge in [-0.15, -0.1) is 0 Å². The van der Waals surface area contributed by atoms with Crippen LogP contribution in [0, 0.1) is 12.7 Å². The molecular formula is C19H24FN7. The minimum absolute atomic E-state index is 0.137. The number of aryl methyl sites for hydroxylation is 1. The Balaban J connectivity index is 1.24. The number of rotatable bonds is 6. The first-order valence-corrected chi connectivity index (χ1v) is 9.34. The van der Waals surface area contributed by atoms with Gasteiger partial charge in [-0.2, -0.15) is 14.6 Å². The van der Waals surface area contributed by atoms with Crippen molar-refractivity contribution in [2.45, 2.75) is 13.3 Å². The Bertz CT molecular complexity index is 902. The van der Waals surface area contributed by atoms with Crippen LogP contribution in [-0.4, -0.2) is 63.8 Å². The van der Waals surface area contributed by atoms with Crippen LogP contribution in [0.1, 0.15) is 12.1 Å². The van der Waals surface area contributed by atoms with E-state index in [0.29, 0.717) is 11.5 Å². The molecule has 0 amide bonds. The molecule has 0 aliphatic carbocycles. The average Bonchev–Trinajstić information content (AvgIpc) is 3.14. The molecular weight excluding hydrogens is 345 g/mol. The third-order valence-corrected chi connectivity index (χ3v) is 4.90. The molecule has 1 aliphatic rings. The van der Waals surface area contributed by atoms with Crippen LogP contribution in [0.4, 0.5) is 15.9 Å². The summed E-state index contributed by atoms with van der Waals surface area (Å²) >= 11 is 0. The number of para-hydroxylation sites is 1. The van der Waals surface area contributed by atoms with E-state index < -0.39 is 0 Å². The topological polar surface area (TPSA) is 61.6 Å². The third-order valence-electron chi connectivity index (χ3n) is 4.90. The maximum atomic E-state index is 13.9. The Labute approximate surface area is 157 Å². The lowest BCUT2D eigenvalue weighted by Crippen LogP contribution is -2.47. The van der Waals surface area contributed by atoms with E-state index in [4.69, 9.17) is 0 Å². The highest BCUT2D eigenvalue weighted by Crippen LogP contribution is 2.20. The van der Waals surface area contributed by atoms with Crippen molar-refractivity contribution in [3.63, 3.8) is 0 Å². The van der Waals surface area contributed by atoms with E-state index in [1.54, 1.807) is 10.6 Å². The first-order valence-electron chi connectivity index (χ1n) is 9.34. The Morgan fingerprint density at radius 3 is 2.78 bits per heavy atom. The van der Waals surface area contributed by atoms with Gasteiger partial charge in [-0.3, -0.25) is 4.90 Å². The fourth-order valence-electron chi connectivity index (χ4n) is 3.50. The molecule has 2 aromatic heterocycles. The molecule has 3 aromatic rings. The van der Waals surface area contributed by atoms with Gasteiger partial charge in [-0.05, 0) is 32.0 Å². The van der Waals surface area contributed by atoms with E-state index >= 15 is 0 Å². The summed E-state index contributed by atoms with van der Waals surface area (Å²) in [5, 5.41) is 7.64. The number of benzene rings is 1. The molecule has 7 nitrogen and oxygen atoms in total. The quantitative estimate of drug-likeness (QED) is 0.672. The Hall–Kier alpha value is -2.74. The molecule has 0 spiro atoms. The zero-order valence-electron chi connectivity index (χ0n) is 15.5. The van der Waals surface area contributed by atoms with Crippen molar-refractivity contribution in [3.8, 4) is 0 Å². The summed E-state index contributed by atoms with van der Waals surface area (Å²) in [7, 11) is 0. The maximum Gasteiger partial charge on any atom is 0.254 e. The smallest absolute Gasteiger partial charge is 0.254 e. The molecule has 3 heterocycles. The summed E-state index contributed by atoms with van der Waals surface area (Å²) in [5.41, 5.74) is 1.63. The average molecular weight is 369 g/mol. The van der Waals surface area contributed by atoms with Gasteiger partial charge in [0.25, 0.3) is 5.78 Å². The number of hydrogen-bond acceptors (Lipinski definition) is 6. The Morgan fingerprint density at radius 1 is 1.15 bits per heavy atom. The number of fused-ring (bicyclic) bond motifs is 1. The van der Waals surface area contributed by atoms with E-state index in [-0.39, 0.29) is 5.82 Å². The number of nitrogens with zero attached hydrogens (tertiary/aromatic N) is 6. The second kappa shape index (κ2) is 7.87. The van der Waals surface area contributed by atoms with Crippen molar-refractivity contribution in [1.29, 1.82) is 0 Å². The normalized spacial score (nSPS) is 15.4. The van der Waals surface area contributed by atoms with E-state index in [1.807, 2.05) is 25.1 Å². The fraction of sp³-hybridized carbons (Fsp3) is 0.421. The zero-order chi connectivity index (χ0) is 18.6. The van der Waals surface area contributed by atoms with E-state index in [9.17, 15) is 4.39 Å². The molecule has 0 unspecified atom stereocenters.